The molecule has 0 saturated carbocycles. The van der Waals surface area contributed by atoms with Crippen molar-refractivity contribution in [1.82, 2.24) is 19.7 Å². The molecule has 1 amide bonds. The lowest BCUT2D eigenvalue weighted by molar-refractivity contribution is 0.0995. The normalized spacial score (nSPS) is 10.7. The molecule has 0 aliphatic rings. The first-order valence-corrected chi connectivity index (χ1v) is 5.96. The SMILES string of the molecule is Cn1ccc2ccc(Nc3ccnnc3C(N)=O)nc21. The molecule has 0 fully saturated rings. The molecule has 0 aliphatic heterocycles. The number of amides is 1. The Hall–Kier alpha value is -2.96. The first-order valence-electron chi connectivity index (χ1n) is 5.96. The van der Waals surface area contributed by atoms with E-state index in [1.807, 2.05) is 36.0 Å². The second-order valence-electron chi connectivity index (χ2n) is 4.32. The predicted molar refractivity (Wildman–Crippen MR) is 74.5 cm³/mol. The van der Waals surface area contributed by atoms with Crippen LogP contribution >= 0.6 is 0 Å². The molecule has 0 aliphatic carbocycles. The number of hydrogen-bond acceptors (Lipinski definition) is 5. The van der Waals surface area contributed by atoms with Gasteiger partial charge in [0.15, 0.2) is 5.69 Å². The number of nitrogens with zero attached hydrogens (tertiary/aromatic N) is 4. The molecule has 3 aromatic heterocycles. The number of carbonyl (C=O) groups is 1. The van der Waals surface area contributed by atoms with E-state index < -0.39 is 5.91 Å². The van der Waals surface area contributed by atoms with Gasteiger partial charge < -0.3 is 15.6 Å². The lowest BCUT2D eigenvalue weighted by atomic mass is 10.3. The highest BCUT2D eigenvalue weighted by atomic mass is 16.1. The van der Waals surface area contributed by atoms with Crippen LogP contribution in [-0.2, 0) is 7.05 Å². The summed E-state index contributed by atoms with van der Waals surface area (Å²) in [6.45, 7) is 0. The van der Waals surface area contributed by atoms with Crippen molar-refractivity contribution in [2.75, 3.05) is 5.32 Å². The molecule has 0 radical (unpaired) electrons. The molecule has 3 rings (SSSR count). The van der Waals surface area contributed by atoms with Crippen molar-refractivity contribution in [2.24, 2.45) is 12.8 Å². The second-order valence-corrected chi connectivity index (χ2v) is 4.32. The van der Waals surface area contributed by atoms with Crippen LogP contribution in [0.15, 0.2) is 36.7 Å². The third-order valence-corrected chi connectivity index (χ3v) is 2.93. The minimum absolute atomic E-state index is 0.0845. The Kier molecular flexibility index (Phi) is 2.79. The average molecular weight is 268 g/mol. The summed E-state index contributed by atoms with van der Waals surface area (Å²) in [4.78, 5) is 15.8. The number of pyridine rings is 1. The maximum Gasteiger partial charge on any atom is 0.271 e. The van der Waals surface area contributed by atoms with Crippen molar-refractivity contribution in [3.63, 3.8) is 0 Å². The van der Waals surface area contributed by atoms with E-state index in [9.17, 15) is 4.79 Å². The molecule has 7 nitrogen and oxygen atoms in total. The fraction of sp³-hybridized carbons (Fsp3) is 0.0769. The Morgan fingerprint density at radius 2 is 2.15 bits per heavy atom. The highest BCUT2D eigenvalue weighted by molar-refractivity contribution is 5.96. The van der Waals surface area contributed by atoms with E-state index in [1.165, 1.54) is 6.20 Å². The quantitative estimate of drug-likeness (QED) is 0.743. The third kappa shape index (κ3) is 2.05. The van der Waals surface area contributed by atoms with Crippen LogP contribution < -0.4 is 11.1 Å². The fourth-order valence-corrected chi connectivity index (χ4v) is 1.96. The van der Waals surface area contributed by atoms with Gasteiger partial charge in [-0.1, -0.05) is 0 Å². The van der Waals surface area contributed by atoms with Crippen LogP contribution in [0.4, 0.5) is 11.5 Å². The summed E-state index contributed by atoms with van der Waals surface area (Å²) >= 11 is 0. The van der Waals surface area contributed by atoms with E-state index in [0.29, 0.717) is 11.5 Å². The summed E-state index contributed by atoms with van der Waals surface area (Å²) in [6, 6.07) is 7.38. The van der Waals surface area contributed by atoms with Crippen LogP contribution in [0.5, 0.6) is 0 Å². The second kappa shape index (κ2) is 4.61. The number of rotatable bonds is 3. The molecule has 0 unspecified atom stereocenters. The fourth-order valence-electron chi connectivity index (χ4n) is 1.96. The number of anilines is 2. The summed E-state index contributed by atoms with van der Waals surface area (Å²) in [5.74, 6) is -0.0321. The number of aryl methyl sites for hydroxylation is 1. The zero-order chi connectivity index (χ0) is 14.1. The van der Waals surface area contributed by atoms with Gasteiger partial charge in [-0.15, -0.1) is 5.10 Å². The molecule has 3 aromatic rings. The molecule has 0 atom stereocenters. The number of hydrogen-bond donors (Lipinski definition) is 2. The van der Waals surface area contributed by atoms with Gasteiger partial charge in [-0.25, -0.2) is 4.98 Å². The van der Waals surface area contributed by atoms with Gasteiger partial charge in [0, 0.05) is 18.6 Å². The first-order chi connectivity index (χ1) is 9.65. The number of nitrogens with two attached hydrogens (primary N) is 1. The molecule has 100 valence electrons. The van der Waals surface area contributed by atoms with E-state index in [4.69, 9.17) is 5.73 Å². The van der Waals surface area contributed by atoms with E-state index in [0.717, 1.165) is 11.0 Å². The van der Waals surface area contributed by atoms with E-state index in [2.05, 4.69) is 20.5 Å². The van der Waals surface area contributed by atoms with E-state index in [-0.39, 0.29) is 5.69 Å². The maximum atomic E-state index is 11.3. The Morgan fingerprint density at radius 1 is 1.30 bits per heavy atom. The van der Waals surface area contributed by atoms with Crippen molar-refractivity contribution < 1.29 is 4.79 Å². The summed E-state index contributed by atoms with van der Waals surface area (Å²) < 4.78 is 1.92. The number of nitrogens with one attached hydrogen (secondary N) is 1. The predicted octanol–water partition coefficient (Wildman–Crippen LogP) is 1.21. The van der Waals surface area contributed by atoms with Crippen molar-refractivity contribution in [3.8, 4) is 0 Å². The monoisotopic (exact) mass is 268 g/mol. The average Bonchev–Trinajstić information content (AvgIpc) is 2.81. The molecule has 7 heteroatoms. The van der Waals surface area contributed by atoms with E-state index in [1.54, 1.807) is 6.07 Å². The first kappa shape index (κ1) is 12.1. The number of carbonyl (C=O) groups excluding carboxylic acids is 1. The highest BCUT2D eigenvalue weighted by Gasteiger charge is 2.11. The zero-order valence-corrected chi connectivity index (χ0v) is 10.7. The smallest absolute Gasteiger partial charge is 0.271 e. The van der Waals surface area contributed by atoms with Gasteiger partial charge in [-0.3, -0.25) is 4.79 Å². The lowest BCUT2D eigenvalue weighted by Gasteiger charge is -2.08. The molecule has 0 spiro atoms. The Balaban J connectivity index is 2.01. The summed E-state index contributed by atoms with van der Waals surface area (Å²) in [5.41, 5.74) is 6.67. The van der Waals surface area contributed by atoms with Gasteiger partial charge in [0.2, 0.25) is 0 Å². The molecule has 20 heavy (non-hydrogen) atoms. The van der Waals surface area contributed by atoms with Crippen LogP contribution in [-0.4, -0.2) is 25.7 Å². The molecular formula is C13H12N6O. The zero-order valence-electron chi connectivity index (χ0n) is 10.7. The number of aromatic nitrogens is 4. The van der Waals surface area contributed by atoms with Gasteiger partial charge >= 0.3 is 0 Å². The van der Waals surface area contributed by atoms with Gasteiger partial charge in [0.05, 0.1) is 11.9 Å². The molecule has 0 aromatic carbocycles. The van der Waals surface area contributed by atoms with Gasteiger partial charge in [0.25, 0.3) is 5.91 Å². The van der Waals surface area contributed by atoms with Crippen molar-refractivity contribution >= 4 is 28.4 Å². The van der Waals surface area contributed by atoms with Crippen molar-refractivity contribution in [3.05, 3.63) is 42.4 Å². The minimum Gasteiger partial charge on any atom is -0.364 e. The largest absolute Gasteiger partial charge is 0.364 e. The van der Waals surface area contributed by atoms with Crippen LogP contribution in [0.2, 0.25) is 0 Å². The summed E-state index contributed by atoms with van der Waals surface area (Å²) in [5, 5.41) is 11.5. The Morgan fingerprint density at radius 3 is 2.95 bits per heavy atom. The standard InChI is InChI=1S/C13H12N6O/c1-19-7-5-8-2-3-10(17-13(8)19)16-9-4-6-15-18-11(9)12(14)20/h2-7H,1H3,(H2,14,20)(H,15,16,17). The molecule has 3 N–H and O–H groups in total. The van der Waals surface area contributed by atoms with Gasteiger partial charge in [-0.2, -0.15) is 5.10 Å². The number of primary amides is 1. The Bertz CT molecular complexity index is 794. The van der Waals surface area contributed by atoms with Crippen LogP contribution in [0.25, 0.3) is 11.0 Å². The van der Waals surface area contributed by atoms with Gasteiger partial charge in [-0.05, 0) is 24.3 Å². The Labute approximate surface area is 114 Å². The van der Waals surface area contributed by atoms with Crippen LogP contribution in [0.1, 0.15) is 10.5 Å². The number of fused-ring (bicyclic) bond motifs is 1. The van der Waals surface area contributed by atoms with Gasteiger partial charge in [0.1, 0.15) is 11.5 Å². The third-order valence-electron chi connectivity index (χ3n) is 2.93. The van der Waals surface area contributed by atoms with E-state index >= 15 is 0 Å². The summed E-state index contributed by atoms with van der Waals surface area (Å²) in [6.07, 6.45) is 3.42. The molecule has 0 saturated heterocycles. The van der Waals surface area contributed by atoms with Crippen molar-refractivity contribution in [1.29, 1.82) is 0 Å². The van der Waals surface area contributed by atoms with Crippen LogP contribution in [0.3, 0.4) is 0 Å². The van der Waals surface area contributed by atoms with Crippen molar-refractivity contribution in [2.45, 2.75) is 0 Å². The topological polar surface area (TPSA) is 98.7 Å². The molecular weight excluding hydrogens is 256 g/mol. The summed E-state index contributed by atoms with van der Waals surface area (Å²) in [7, 11) is 1.92. The molecule has 3 heterocycles. The highest BCUT2D eigenvalue weighted by Crippen LogP contribution is 2.20. The maximum absolute atomic E-state index is 11.3. The minimum atomic E-state index is -0.638. The lowest BCUT2D eigenvalue weighted by Crippen LogP contribution is -2.16. The van der Waals surface area contributed by atoms with Crippen LogP contribution in [0, 0.1) is 0 Å². The molecule has 0 bridgehead atoms.